The molecule has 0 radical (unpaired) electrons. The second-order valence-electron chi connectivity index (χ2n) is 5.12. The topological polar surface area (TPSA) is 90.2 Å². The first-order chi connectivity index (χ1) is 6.79. The van der Waals surface area contributed by atoms with E-state index in [0.717, 1.165) is 0 Å². The van der Waals surface area contributed by atoms with Crippen molar-refractivity contribution in [3.05, 3.63) is 0 Å². The smallest absolute Gasteiger partial charge is 0.111 e. The van der Waals surface area contributed by atoms with Gasteiger partial charge in [-0.2, -0.15) is 0 Å². The van der Waals surface area contributed by atoms with E-state index < -0.39 is 30.5 Å². The number of rotatable bonds is 1. The Morgan fingerprint density at radius 2 is 1.53 bits per heavy atom. The highest BCUT2D eigenvalue weighted by atomic mass is 16.5. The number of hydrogen-bond donors (Lipinski definition) is 4. The van der Waals surface area contributed by atoms with E-state index in [9.17, 15) is 15.3 Å². The molecular formula is C10H20O5. The summed E-state index contributed by atoms with van der Waals surface area (Å²) >= 11 is 0. The highest BCUT2D eigenvalue weighted by Gasteiger charge is 2.47. The number of hydrogen-bond acceptors (Lipinski definition) is 5. The Kier molecular flexibility index (Phi) is 3.73. The van der Waals surface area contributed by atoms with E-state index in [1.807, 2.05) is 20.8 Å². The SMILES string of the molecule is CC(C)(C)[C@@H]1O[C@H](CO)[C@@H](O)[C@H](O)[C@@H]1O. The average Bonchev–Trinajstić information content (AvgIpc) is 2.13. The lowest BCUT2D eigenvalue weighted by Crippen LogP contribution is -2.61. The van der Waals surface area contributed by atoms with Gasteiger partial charge in [0.05, 0.1) is 12.7 Å². The Balaban J connectivity index is 2.83. The summed E-state index contributed by atoms with van der Waals surface area (Å²) in [6, 6.07) is 0. The summed E-state index contributed by atoms with van der Waals surface area (Å²) in [4.78, 5) is 0. The Morgan fingerprint density at radius 1 is 1.00 bits per heavy atom. The molecule has 0 spiro atoms. The third-order valence-electron chi connectivity index (χ3n) is 2.75. The molecule has 0 amide bonds. The summed E-state index contributed by atoms with van der Waals surface area (Å²) in [5, 5.41) is 37.8. The second kappa shape index (κ2) is 4.35. The van der Waals surface area contributed by atoms with Gasteiger partial charge in [0.2, 0.25) is 0 Å². The van der Waals surface area contributed by atoms with E-state index in [1.54, 1.807) is 0 Å². The van der Waals surface area contributed by atoms with Crippen molar-refractivity contribution >= 4 is 0 Å². The summed E-state index contributed by atoms with van der Waals surface area (Å²) < 4.78 is 5.38. The zero-order valence-electron chi connectivity index (χ0n) is 9.29. The van der Waals surface area contributed by atoms with Crippen LogP contribution in [0.2, 0.25) is 0 Å². The van der Waals surface area contributed by atoms with E-state index in [0.29, 0.717) is 0 Å². The van der Waals surface area contributed by atoms with Crippen LogP contribution in [0.1, 0.15) is 20.8 Å². The number of aliphatic hydroxyl groups excluding tert-OH is 4. The van der Waals surface area contributed by atoms with Crippen LogP contribution in [0.5, 0.6) is 0 Å². The van der Waals surface area contributed by atoms with Crippen molar-refractivity contribution in [3.8, 4) is 0 Å². The van der Waals surface area contributed by atoms with E-state index in [2.05, 4.69) is 0 Å². The van der Waals surface area contributed by atoms with Crippen molar-refractivity contribution in [1.29, 1.82) is 0 Å². The lowest BCUT2D eigenvalue weighted by molar-refractivity contribution is -0.250. The first-order valence-electron chi connectivity index (χ1n) is 5.09. The minimum atomic E-state index is -1.28. The Labute approximate surface area is 89.3 Å². The van der Waals surface area contributed by atoms with Gasteiger partial charge in [0.15, 0.2) is 0 Å². The monoisotopic (exact) mass is 220 g/mol. The van der Waals surface area contributed by atoms with Gasteiger partial charge in [0, 0.05) is 0 Å². The van der Waals surface area contributed by atoms with Crippen molar-refractivity contribution in [2.75, 3.05) is 6.61 Å². The molecular weight excluding hydrogens is 200 g/mol. The molecule has 1 aliphatic heterocycles. The predicted octanol–water partition coefficient (Wildman–Crippen LogP) is -1.13. The first-order valence-corrected chi connectivity index (χ1v) is 5.09. The highest BCUT2D eigenvalue weighted by molar-refractivity contribution is 4.96. The maximum Gasteiger partial charge on any atom is 0.111 e. The molecule has 90 valence electrons. The summed E-state index contributed by atoms with van der Waals surface area (Å²) in [7, 11) is 0. The van der Waals surface area contributed by atoms with Gasteiger partial charge in [-0.25, -0.2) is 0 Å². The summed E-state index contributed by atoms with van der Waals surface area (Å²) in [5.41, 5.74) is -0.367. The summed E-state index contributed by atoms with van der Waals surface area (Å²) in [6.07, 6.45) is -5.10. The van der Waals surface area contributed by atoms with Crippen LogP contribution in [0, 0.1) is 5.41 Å². The Hall–Kier alpha value is -0.200. The van der Waals surface area contributed by atoms with E-state index >= 15 is 0 Å². The molecule has 0 bridgehead atoms. The van der Waals surface area contributed by atoms with Crippen molar-refractivity contribution in [3.63, 3.8) is 0 Å². The van der Waals surface area contributed by atoms with Gasteiger partial charge < -0.3 is 25.2 Å². The lowest BCUT2D eigenvalue weighted by Gasteiger charge is -2.45. The van der Waals surface area contributed by atoms with E-state index in [-0.39, 0.29) is 12.0 Å². The molecule has 5 atom stereocenters. The quantitative estimate of drug-likeness (QED) is 0.449. The van der Waals surface area contributed by atoms with Gasteiger partial charge >= 0.3 is 0 Å². The zero-order valence-corrected chi connectivity index (χ0v) is 9.29. The van der Waals surface area contributed by atoms with Crippen molar-refractivity contribution < 1.29 is 25.2 Å². The van der Waals surface area contributed by atoms with Crippen molar-refractivity contribution in [1.82, 2.24) is 0 Å². The molecule has 0 unspecified atom stereocenters. The first kappa shape index (κ1) is 12.9. The second-order valence-corrected chi connectivity index (χ2v) is 5.12. The molecule has 1 heterocycles. The standard InChI is InChI=1S/C10H20O5/c1-10(2,3)9-8(14)7(13)6(12)5(4-11)15-9/h5-9,11-14H,4H2,1-3H3/t5-,6-,7+,8+,9-/m1/s1. The Bertz CT molecular complexity index is 210. The van der Waals surface area contributed by atoms with Crippen LogP contribution in [0.25, 0.3) is 0 Å². The molecule has 1 aliphatic rings. The van der Waals surface area contributed by atoms with Gasteiger partial charge in [-0.05, 0) is 5.41 Å². The van der Waals surface area contributed by atoms with Crippen molar-refractivity contribution in [2.24, 2.45) is 5.41 Å². The third-order valence-corrected chi connectivity index (χ3v) is 2.75. The van der Waals surface area contributed by atoms with Crippen LogP contribution in [0.3, 0.4) is 0 Å². The maximum atomic E-state index is 9.74. The van der Waals surface area contributed by atoms with Crippen molar-refractivity contribution in [2.45, 2.75) is 51.3 Å². The minimum absolute atomic E-state index is 0.367. The summed E-state index contributed by atoms with van der Waals surface area (Å²) in [6.45, 7) is 5.21. The highest BCUT2D eigenvalue weighted by Crippen LogP contribution is 2.32. The van der Waals surface area contributed by atoms with Gasteiger partial charge in [0.25, 0.3) is 0 Å². The minimum Gasteiger partial charge on any atom is -0.394 e. The van der Waals surface area contributed by atoms with Crippen LogP contribution in [0.4, 0.5) is 0 Å². The fourth-order valence-electron chi connectivity index (χ4n) is 1.82. The van der Waals surface area contributed by atoms with Crippen LogP contribution in [-0.4, -0.2) is 57.6 Å². The fourth-order valence-corrected chi connectivity index (χ4v) is 1.82. The van der Waals surface area contributed by atoms with Gasteiger partial charge in [-0.3, -0.25) is 0 Å². The summed E-state index contributed by atoms with van der Waals surface area (Å²) in [5.74, 6) is 0. The Morgan fingerprint density at radius 3 is 1.93 bits per heavy atom. The number of aliphatic hydroxyl groups is 4. The van der Waals surface area contributed by atoms with E-state index in [4.69, 9.17) is 9.84 Å². The molecule has 0 aromatic carbocycles. The fraction of sp³-hybridized carbons (Fsp3) is 1.00. The van der Waals surface area contributed by atoms with Crippen LogP contribution in [-0.2, 0) is 4.74 Å². The molecule has 4 N–H and O–H groups in total. The molecule has 0 aromatic heterocycles. The molecule has 0 aliphatic carbocycles. The molecule has 15 heavy (non-hydrogen) atoms. The van der Waals surface area contributed by atoms with Gasteiger partial charge in [-0.1, -0.05) is 20.8 Å². The molecule has 1 fully saturated rings. The van der Waals surface area contributed by atoms with Crippen LogP contribution >= 0.6 is 0 Å². The predicted molar refractivity (Wildman–Crippen MR) is 53.2 cm³/mol. The maximum absolute atomic E-state index is 9.74. The normalized spacial score (nSPS) is 43.0. The molecule has 5 heteroatoms. The largest absolute Gasteiger partial charge is 0.394 e. The van der Waals surface area contributed by atoms with Crippen LogP contribution < -0.4 is 0 Å². The molecule has 1 saturated heterocycles. The van der Waals surface area contributed by atoms with E-state index in [1.165, 1.54) is 0 Å². The molecule has 0 aromatic rings. The average molecular weight is 220 g/mol. The van der Waals surface area contributed by atoms with Gasteiger partial charge in [-0.15, -0.1) is 0 Å². The molecule has 5 nitrogen and oxygen atoms in total. The van der Waals surface area contributed by atoms with Crippen LogP contribution in [0.15, 0.2) is 0 Å². The van der Waals surface area contributed by atoms with Gasteiger partial charge in [0.1, 0.15) is 24.4 Å². The zero-order chi connectivity index (χ0) is 11.8. The number of ether oxygens (including phenoxy) is 1. The third kappa shape index (κ3) is 2.49. The molecule has 0 saturated carbocycles. The molecule has 1 rings (SSSR count). The lowest BCUT2D eigenvalue weighted by atomic mass is 9.80.